The van der Waals surface area contributed by atoms with Crippen molar-refractivity contribution in [3.63, 3.8) is 0 Å². The SMILES string of the molecule is Cn1c(Cl)cnc1CNc1ccc(C#N)cc1Cl. The van der Waals surface area contributed by atoms with Crippen molar-refractivity contribution in [2.45, 2.75) is 6.54 Å². The summed E-state index contributed by atoms with van der Waals surface area (Å²) >= 11 is 11.9. The lowest BCUT2D eigenvalue weighted by Crippen LogP contribution is -2.06. The number of hydrogen-bond donors (Lipinski definition) is 1. The van der Waals surface area contributed by atoms with Crippen LogP contribution in [0.1, 0.15) is 11.4 Å². The molecule has 0 aliphatic carbocycles. The zero-order valence-corrected chi connectivity index (χ0v) is 11.1. The molecule has 0 unspecified atom stereocenters. The van der Waals surface area contributed by atoms with Crippen molar-refractivity contribution in [1.82, 2.24) is 9.55 Å². The maximum Gasteiger partial charge on any atom is 0.128 e. The molecule has 6 heteroatoms. The molecule has 0 saturated carbocycles. The molecule has 0 radical (unpaired) electrons. The molecular weight excluding hydrogens is 271 g/mol. The highest BCUT2D eigenvalue weighted by Gasteiger charge is 2.06. The monoisotopic (exact) mass is 280 g/mol. The van der Waals surface area contributed by atoms with Crippen LogP contribution in [0.3, 0.4) is 0 Å². The van der Waals surface area contributed by atoms with Gasteiger partial charge in [0.2, 0.25) is 0 Å². The Morgan fingerprint density at radius 3 is 2.78 bits per heavy atom. The first kappa shape index (κ1) is 12.7. The van der Waals surface area contributed by atoms with E-state index in [2.05, 4.69) is 10.3 Å². The molecule has 0 amide bonds. The summed E-state index contributed by atoms with van der Waals surface area (Å²) < 4.78 is 1.78. The Morgan fingerprint density at radius 1 is 1.44 bits per heavy atom. The summed E-state index contributed by atoms with van der Waals surface area (Å²) in [5.74, 6) is 0.806. The third kappa shape index (κ3) is 2.58. The summed E-state index contributed by atoms with van der Waals surface area (Å²) in [6, 6.07) is 7.13. The molecule has 1 N–H and O–H groups in total. The van der Waals surface area contributed by atoms with E-state index in [9.17, 15) is 0 Å². The number of aromatic nitrogens is 2. The molecule has 0 aliphatic heterocycles. The van der Waals surface area contributed by atoms with Crippen molar-refractivity contribution in [1.29, 1.82) is 5.26 Å². The van der Waals surface area contributed by atoms with Crippen LogP contribution in [0.15, 0.2) is 24.4 Å². The molecule has 4 nitrogen and oxygen atoms in total. The molecule has 1 heterocycles. The third-order valence-corrected chi connectivity index (χ3v) is 3.23. The van der Waals surface area contributed by atoms with Gasteiger partial charge >= 0.3 is 0 Å². The number of anilines is 1. The van der Waals surface area contributed by atoms with E-state index in [1.54, 1.807) is 29.0 Å². The van der Waals surface area contributed by atoms with Gasteiger partial charge in [0.15, 0.2) is 0 Å². The summed E-state index contributed by atoms with van der Waals surface area (Å²) in [7, 11) is 1.84. The van der Waals surface area contributed by atoms with Crippen LogP contribution < -0.4 is 5.32 Å². The Morgan fingerprint density at radius 2 is 2.22 bits per heavy atom. The van der Waals surface area contributed by atoms with E-state index >= 15 is 0 Å². The van der Waals surface area contributed by atoms with Crippen LogP contribution in [-0.2, 0) is 13.6 Å². The normalized spacial score (nSPS) is 10.1. The number of hydrogen-bond acceptors (Lipinski definition) is 3. The van der Waals surface area contributed by atoms with Crippen molar-refractivity contribution in [2.24, 2.45) is 7.05 Å². The van der Waals surface area contributed by atoms with Gasteiger partial charge in [0.1, 0.15) is 11.0 Å². The number of nitrogens with zero attached hydrogens (tertiary/aromatic N) is 3. The zero-order valence-electron chi connectivity index (χ0n) is 9.61. The number of imidazole rings is 1. The molecule has 1 aromatic heterocycles. The molecule has 2 rings (SSSR count). The van der Waals surface area contributed by atoms with E-state index in [0.717, 1.165) is 11.5 Å². The largest absolute Gasteiger partial charge is 0.377 e. The van der Waals surface area contributed by atoms with Gasteiger partial charge in [-0.3, -0.25) is 0 Å². The standard InChI is InChI=1S/C12H10Cl2N4/c1-18-11(14)6-17-12(18)7-16-10-3-2-8(5-15)4-9(10)13/h2-4,6,16H,7H2,1H3. The number of halogens is 2. The first-order chi connectivity index (χ1) is 8.61. The summed E-state index contributed by atoms with van der Waals surface area (Å²) in [5, 5.41) is 13.0. The quantitative estimate of drug-likeness (QED) is 0.939. The van der Waals surface area contributed by atoms with Gasteiger partial charge in [-0.15, -0.1) is 0 Å². The Labute approximate surface area is 115 Å². The predicted octanol–water partition coefficient (Wildman–Crippen LogP) is 3.21. The van der Waals surface area contributed by atoms with E-state index in [0.29, 0.717) is 22.3 Å². The molecule has 1 aromatic carbocycles. The molecule has 0 aliphatic rings. The Hall–Kier alpha value is -1.70. The molecule has 0 fully saturated rings. The van der Waals surface area contributed by atoms with Crippen LogP contribution in [0.4, 0.5) is 5.69 Å². The van der Waals surface area contributed by atoms with Crippen LogP contribution in [0, 0.1) is 11.3 Å². The highest BCUT2D eigenvalue weighted by Crippen LogP contribution is 2.23. The first-order valence-electron chi connectivity index (χ1n) is 5.21. The average molecular weight is 281 g/mol. The topological polar surface area (TPSA) is 53.6 Å². The Bertz CT molecular complexity index is 613. The second-order valence-electron chi connectivity index (χ2n) is 3.72. The van der Waals surface area contributed by atoms with Crippen molar-refractivity contribution < 1.29 is 0 Å². The Kier molecular flexibility index (Phi) is 3.75. The van der Waals surface area contributed by atoms with Crippen molar-refractivity contribution in [2.75, 3.05) is 5.32 Å². The van der Waals surface area contributed by atoms with Crippen LogP contribution in [0.2, 0.25) is 10.2 Å². The molecule has 0 spiro atoms. The average Bonchev–Trinajstić information content (AvgIpc) is 2.68. The molecular formula is C12H10Cl2N4. The lowest BCUT2D eigenvalue weighted by atomic mass is 10.2. The Balaban J connectivity index is 2.11. The fraction of sp³-hybridized carbons (Fsp3) is 0.167. The fourth-order valence-corrected chi connectivity index (χ4v) is 1.88. The fourth-order valence-electron chi connectivity index (χ4n) is 1.49. The van der Waals surface area contributed by atoms with E-state index < -0.39 is 0 Å². The molecule has 0 bridgehead atoms. The van der Waals surface area contributed by atoms with E-state index in [-0.39, 0.29) is 0 Å². The lowest BCUT2D eigenvalue weighted by Gasteiger charge is -2.08. The summed E-state index contributed by atoms with van der Waals surface area (Å²) in [6.07, 6.45) is 1.60. The number of rotatable bonds is 3. The molecule has 0 saturated heterocycles. The van der Waals surface area contributed by atoms with Crippen molar-refractivity contribution in [3.05, 3.63) is 46.0 Å². The van der Waals surface area contributed by atoms with Crippen LogP contribution >= 0.6 is 23.2 Å². The molecule has 0 atom stereocenters. The molecule has 92 valence electrons. The maximum atomic E-state index is 8.74. The van der Waals surface area contributed by atoms with E-state index in [1.165, 1.54) is 0 Å². The second kappa shape index (κ2) is 5.30. The molecule has 2 aromatic rings. The van der Waals surface area contributed by atoms with Crippen LogP contribution in [-0.4, -0.2) is 9.55 Å². The first-order valence-corrected chi connectivity index (χ1v) is 5.97. The van der Waals surface area contributed by atoms with Gasteiger partial charge in [-0.1, -0.05) is 23.2 Å². The minimum Gasteiger partial charge on any atom is -0.377 e. The highest BCUT2D eigenvalue weighted by molar-refractivity contribution is 6.33. The zero-order chi connectivity index (χ0) is 13.1. The van der Waals surface area contributed by atoms with Gasteiger partial charge in [-0.2, -0.15) is 5.26 Å². The van der Waals surface area contributed by atoms with Gasteiger partial charge in [0.25, 0.3) is 0 Å². The third-order valence-electron chi connectivity index (χ3n) is 2.56. The van der Waals surface area contributed by atoms with Crippen molar-refractivity contribution >= 4 is 28.9 Å². The van der Waals surface area contributed by atoms with Gasteiger partial charge < -0.3 is 9.88 Å². The van der Waals surface area contributed by atoms with Crippen LogP contribution in [0.5, 0.6) is 0 Å². The smallest absolute Gasteiger partial charge is 0.128 e. The van der Waals surface area contributed by atoms with E-state index in [4.69, 9.17) is 28.5 Å². The maximum absolute atomic E-state index is 8.74. The van der Waals surface area contributed by atoms with Crippen LogP contribution in [0.25, 0.3) is 0 Å². The lowest BCUT2D eigenvalue weighted by molar-refractivity contribution is 0.813. The predicted molar refractivity (Wildman–Crippen MR) is 71.7 cm³/mol. The summed E-state index contributed by atoms with van der Waals surface area (Å²) in [5.41, 5.74) is 1.29. The summed E-state index contributed by atoms with van der Waals surface area (Å²) in [6.45, 7) is 0.509. The molecule has 18 heavy (non-hydrogen) atoms. The van der Waals surface area contributed by atoms with E-state index in [1.807, 2.05) is 13.1 Å². The van der Waals surface area contributed by atoms with Gasteiger partial charge in [-0.05, 0) is 18.2 Å². The minimum absolute atomic E-state index is 0.509. The highest BCUT2D eigenvalue weighted by atomic mass is 35.5. The number of benzene rings is 1. The van der Waals surface area contributed by atoms with Gasteiger partial charge in [0, 0.05) is 7.05 Å². The number of nitrogens with one attached hydrogen (secondary N) is 1. The minimum atomic E-state index is 0.509. The number of nitriles is 1. The van der Waals surface area contributed by atoms with Gasteiger partial charge in [-0.25, -0.2) is 4.98 Å². The van der Waals surface area contributed by atoms with Crippen molar-refractivity contribution in [3.8, 4) is 6.07 Å². The van der Waals surface area contributed by atoms with Gasteiger partial charge in [0.05, 0.1) is 35.1 Å². The summed E-state index contributed by atoms with van der Waals surface area (Å²) in [4.78, 5) is 4.17. The second-order valence-corrected chi connectivity index (χ2v) is 4.51.